The molecule has 0 bridgehead atoms. The van der Waals surface area contributed by atoms with Gasteiger partial charge in [0, 0.05) is 25.3 Å². The van der Waals surface area contributed by atoms with Crippen molar-refractivity contribution in [3.63, 3.8) is 0 Å². The van der Waals surface area contributed by atoms with E-state index in [9.17, 15) is 4.79 Å². The molecule has 0 radical (unpaired) electrons. The van der Waals surface area contributed by atoms with Crippen LogP contribution in [0, 0.1) is 0 Å². The molecule has 1 saturated heterocycles. The number of pyridine rings is 1. The van der Waals surface area contributed by atoms with Crippen LogP contribution in [0.3, 0.4) is 0 Å². The maximum absolute atomic E-state index is 12.0. The van der Waals surface area contributed by atoms with Crippen molar-refractivity contribution in [1.29, 1.82) is 0 Å². The summed E-state index contributed by atoms with van der Waals surface area (Å²) in [5, 5.41) is 3.39. The number of anilines is 2. The number of hydrogen-bond acceptors (Lipinski definition) is 5. The van der Waals surface area contributed by atoms with Gasteiger partial charge in [0.2, 0.25) is 0 Å². The maximum atomic E-state index is 12.0. The van der Waals surface area contributed by atoms with E-state index in [1.54, 1.807) is 23.4 Å². The van der Waals surface area contributed by atoms with Crippen LogP contribution >= 0.6 is 0 Å². The lowest BCUT2D eigenvalue weighted by Gasteiger charge is -2.34. The number of aromatic nitrogens is 1. The quantitative estimate of drug-likeness (QED) is 0.875. The van der Waals surface area contributed by atoms with Crippen molar-refractivity contribution < 1.29 is 9.53 Å². The highest BCUT2D eigenvalue weighted by atomic mass is 16.6. The molecule has 3 N–H and O–H groups in total. The van der Waals surface area contributed by atoms with Gasteiger partial charge in [0.15, 0.2) is 0 Å². The number of nitrogens with zero attached hydrogens (tertiary/aromatic N) is 2. The number of piperidine rings is 1. The van der Waals surface area contributed by atoms with E-state index in [0.29, 0.717) is 24.8 Å². The maximum Gasteiger partial charge on any atom is 0.410 e. The van der Waals surface area contributed by atoms with Crippen LogP contribution in [0.5, 0.6) is 0 Å². The molecule has 1 fully saturated rings. The monoisotopic (exact) mass is 292 g/mol. The van der Waals surface area contributed by atoms with E-state index in [4.69, 9.17) is 10.5 Å². The number of carbonyl (C=O) groups excluding carboxylic acids is 1. The molecule has 2 rings (SSSR count). The zero-order chi connectivity index (χ0) is 15.5. The molecule has 116 valence electrons. The molecular formula is C15H24N4O2. The number of likely N-dealkylation sites (tertiary alicyclic amines) is 1. The average molecular weight is 292 g/mol. The van der Waals surface area contributed by atoms with E-state index in [1.165, 1.54) is 0 Å². The highest BCUT2D eigenvalue weighted by Crippen LogP contribution is 2.21. The third kappa shape index (κ3) is 4.51. The van der Waals surface area contributed by atoms with Gasteiger partial charge in [-0.1, -0.05) is 0 Å². The van der Waals surface area contributed by atoms with Gasteiger partial charge in [-0.2, -0.15) is 0 Å². The second-order valence-electron chi connectivity index (χ2n) is 6.35. The predicted octanol–water partition coefficient (Wildman–Crippen LogP) is 2.48. The van der Waals surface area contributed by atoms with Crippen molar-refractivity contribution in [1.82, 2.24) is 9.88 Å². The third-order valence-corrected chi connectivity index (χ3v) is 3.36. The molecule has 1 aromatic heterocycles. The molecular weight excluding hydrogens is 268 g/mol. The Balaban J connectivity index is 1.83. The molecule has 0 aliphatic carbocycles. The summed E-state index contributed by atoms with van der Waals surface area (Å²) in [7, 11) is 0. The number of hydrogen-bond donors (Lipinski definition) is 2. The normalized spacial score (nSPS) is 16.6. The van der Waals surface area contributed by atoms with Crippen LogP contribution in [0.2, 0.25) is 0 Å². The summed E-state index contributed by atoms with van der Waals surface area (Å²) in [4.78, 5) is 17.8. The fraction of sp³-hybridized carbons (Fsp3) is 0.600. The first-order chi connectivity index (χ1) is 9.85. The first-order valence-corrected chi connectivity index (χ1v) is 7.29. The first-order valence-electron chi connectivity index (χ1n) is 7.29. The SMILES string of the molecule is CC(C)(C)OC(=O)N1CCC(Nc2cnccc2N)CC1. The summed E-state index contributed by atoms with van der Waals surface area (Å²) < 4.78 is 5.39. The molecule has 1 aliphatic rings. The minimum absolute atomic E-state index is 0.234. The molecule has 6 nitrogen and oxygen atoms in total. The molecule has 2 heterocycles. The van der Waals surface area contributed by atoms with Crippen LogP contribution in [-0.2, 0) is 4.74 Å². The Bertz CT molecular complexity index is 491. The molecule has 0 atom stereocenters. The van der Waals surface area contributed by atoms with Gasteiger partial charge in [-0.25, -0.2) is 4.79 Å². The van der Waals surface area contributed by atoms with Crippen molar-refractivity contribution in [3.05, 3.63) is 18.5 Å². The van der Waals surface area contributed by atoms with Crippen LogP contribution in [0.15, 0.2) is 18.5 Å². The Labute approximate surface area is 125 Å². The van der Waals surface area contributed by atoms with E-state index in [0.717, 1.165) is 18.5 Å². The lowest BCUT2D eigenvalue weighted by molar-refractivity contribution is 0.0210. The minimum Gasteiger partial charge on any atom is -0.444 e. The van der Waals surface area contributed by atoms with Crippen molar-refractivity contribution >= 4 is 17.5 Å². The predicted molar refractivity (Wildman–Crippen MR) is 83.1 cm³/mol. The average Bonchev–Trinajstić information content (AvgIpc) is 2.40. The summed E-state index contributed by atoms with van der Waals surface area (Å²) in [6.45, 7) is 7.01. The first kappa shape index (κ1) is 15.4. The van der Waals surface area contributed by atoms with E-state index < -0.39 is 5.60 Å². The van der Waals surface area contributed by atoms with Crippen molar-refractivity contribution in [2.24, 2.45) is 0 Å². The largest absolute Gasteiger partial charge is 0.444 e. The van der Waals surface area contributed by atoms with Crippen LogP contribution in [-0.4, -0.2) is 40.7 Å². The van der Waals surface area contributed by atoms with Crippen molar-refractivity contribution in [2.45, 2.75) is 45.3 Å². The van der Waals surface area contributed by atoms with Crippen molar-refractivity contribution in [2.75, 3.05) is 24.1 Å². The van der Waals surface area contributed by atoms with E-state index in [2.05, 4.69) is 10.3 Å². The second kappa shape index (κ2) is 6.20. The number of nitrogen functional groups attached to an aromatic ring is 1. The number of carbonyl (C=O) groups is 1. The fourth-order valence-electron chi connectivity index (χ4n) is 2.28. The highest BCUT2D eigenvalue weighted by Gasteiger charge is 2.26. The molecule has 0 unspecified atom stereocenters. The lowest BCUT2D eigenvalue weighted by atomic mass is 10.1. The lowest BCUT2D eigenvalue weighted by Crippen LogP contribution is -2.44. The highest BCUT2D eigenvalue weighted by molar-refractivity contribution is 5.68. The number of ether oxygens (including phenoxy) is 1. The van der Waals surface area contributed by atoms with Gasteiger partial charge in [0.25, 0.3) is 0 Å². The summed E-state index contributed by atoms with van der Waals surface area (Å²) >= 11 is 0. The summed E-state index contributed by atoms with van der Waals surface area (Å²) in [6.07, 6.45) is 4.91. The van der Waals surface area contributed by atoms with Gasteiger partial charge >= 0.3 is 6.09 Å². The van der Waals surface area contributed by atoms with Gasteiger partial charge in [-0.3, -0.25) is 4.98 Å². The van der Waals surface area contributed by atoms with Crippen LogP contribution < -0.4 is 11.1 Å². The Morgan fingerprint density at radius 2 is 2.10 bits per heavy atom. The molecule has 0 spiro atoms. The molecule has 1 aromatic rings. The Morgan fingerprint density at radius 1 is 1.43 bits per heavy atom. The van der Waals surface area contributed by atoms with Crippen LogP contribution in [0.4, 0.5) is 16.2 Å². The Morgan fingerprint density at radius 3 is 2.67 bits per heavy atom. The fourth-order valence-corrected chi connectivity index (χ4v) is 2.28. The van der Waals surface area contributed by atoms with Crippen molar-refractivity contribution in [3.8, 4) is 0 Å². The van der Waals surface area contributed by atoms with E-state index in [-0.39, 0.29) is 6.09 Å². The summed E-state index contributed by atoms with van der Waals surface area (Å²) in [5.41, 5.74) is 7.00. The number of nitrogens with one attached hydrogen (secondary N) is 1. The van der Waals surface area contributed by atoms with Gasteiger partial charge in [0.05, 0.1) is 17.6 Å². The zero-order valence-electron chi connectivity index (χ0n) is 12.9. The molecule has 1 aliphatic heterocycles. The third-order valence-electron chi connectivity index (χ3n) is 3.36. The number of rotatable bonds is 2. The van der Waals surface area contributed by atoms with Gasteiger partial charge < -0.3 is 20.7 Å². The second-order valence-corrected chi connectivity index (χ2v) is 6.35. The number of amides is 1. The Kier molecular flexibility index (Phi) is 4.55. The van der Waals surface area contributed by atoms with Gasteiger partial charge in [-0.15, -0.1) is 0 Å². The van der Waals surface area contributed by atoms with E-state index >= 15 is 0 Å². The summed E-state index contributed by atoms with van der Waals surface area (Å²) in [5.74, 6) is 0. The minimum atomic E-state index is -0.448. The topological polar surface area (TPSA) is 80.5 Å². The molecule has 0 aromatic carbocycles. The molecule has 0 saturated carbocycles. The number of nitrogens with two attached hydrogens (primary N) is 1. The smallest absolute Gasteiger partial charge is 0.410 e. The van der Waals surface area contributed by atoms with Gasteiger partial charge in [0.1, 0.15) is 5.60 Å². The molecule has 6 heteroatoms. The Hall–Kier alpha value is -1.98. The van der Waals surface area contributed by atoms with Crippen LogP contribution in [0.1, 0.15) is 33.6 Å². The molecule has 21 heavy (non-hydrogen) atoms. The standard InChI is InChI=1S/C15H24N4O2/c1-15(2,3)21-14(20)19-8-5-11(6-9-19)18-13-10-17-7-4-12(13)16/h4,7,10-11,18H,5-6,8-9H2,1-3H3,(H2,16,17). The summed E-state index contributed by atoms with van der Waals surface area (Å²) in [6, 6.07) is 2.08. The van der Waals surface area contributed by atoms with E-state index in [1.807, 2.05) is 20.8 Å². The molecule has 1 amide bonds. The van der Waals surface area contributed by atoms with Crippen LogP contribution in [0.25, 0.3) is 0 Å². The zero-order valence-corrected chi connectivity index (χ0v) is 12.9. The van der Waals surface area contributed by atoms with Gasteiger partial charge in [-0.05, 0) is 39.7 Å².